The van der Waals surface area contributed by atoms with E-state index in [9.17, 15) is 4.79 Å². The number of rotatable bonds is 2. The Balaban J connectivity index is 2.74. The van der Waals surface area contributed by atoms with Gasteiger partial charge in [0.15, 0.2) is 0 Å². The minimum atomic E-state index is -0.408. The summed E-state index contributed by atoms with van der Waals surface area (Å²) in [6.45, 7) is 1.88. The molecule has 0 radical (unpaired) electrons. The molecule has 0 aliphatic heterocycles. The first-order valence-electron chi connectivity index (χ1n) is 3.24. The second-order valence-electron chi connectivity index (χ2n) is 2.32. The van der Waals surface area contributed by atoms with Crippen molar-refractivity contribution in [3.05, 3.63) is 23.8 Å². The van der Waals surface area contributed by atoms with Crippen molar-refractivity contribution in [1.82, 2.24) is 9.97 Å². The van der Waals surface area contributed by atoms with Gasteiger partial charge in [-0.25, -0.2) is 9.97 Å². The first-order valence-corrected chi connectivity index (χ1v) is 3.24. The minimum absolute atomic E-state index is 0.111. The van der Waals surface area contributed by atoms with Crippen molar-refractivity contribution >= 4 is 5.91 Å². The number of aromatic nitrogens is 2. The van der Waals surface area contributed by atoms with E-state index >= 15 is 0 Å². The van der Waals surface area contributed by atoms with Gasteiger partial charge in [0.2, 0.25) is 5.91 Å². The summed E-state index contributed by atoms with van der Waals surface area (Å²) in [7, 11) is 0. The molecule has 4 nitrogen and oxygen atoms in total. The van der Waals surface area contributed by atoms with Crippen LogP contribution in [0.4, 0.5) is 0 Å². The fraction of sp³-hybridized carbons (Fsp3) is 0.286. The molecule has 1 heterocycles. The highest BCUT2D eigenvalue weighted by Crippen LogP contribution is 1.93. The molecule has 0 unspecified atom stereocenters. The van der Waals surface area contributed by atoms with Crippen LogP contribution in [0.25, 0.3) is 0 Å². The molecule has 0 fully saturated rings. The first-order chi connectivity index (χ1) is 5.18. The average Bonchev–Trinajstić information content (AvgIpc) is 1.93. The number of carbonyl (C=O) groups is 1. The lowest BCUT2D eigenvalue weighted by Gasteiger charge is -1.94. The molecule has 58 valence electrons. The van der Waals surface area contributed by atoms with Gasteiger partial charge in [-0.3, -0.25) is 4.79 Å². The smallest absolute Gasteiger partial charge is 0.225 e. The normalized spacial score (nSPS) is 9.55. The number of nitrogens with zero attached hydrogens (tertiary/aromatic N) is 2. The van der Waals surface area contributed by atoms with Crippen LogP contribution in [-0.4, -0.2) is 15.9 Å². The van der Waals surface area contributed by atoms with Crippen molar-refractivity contribution in [2.24, 2.45) is 5.73 Å². The van der Waals surface area contributed by atoms with Crippen LogP contribution in [-0.2, 0) is 11.2 Å². The summed E-state index contributed by atoms with van der Waals surface area (Å²) >= 11 is 0. The Morgan fingerprint density at radius 1 is 1.55 bits per heavy atom. The Hall–Kier alpha value is -1.45. The number of aryl methyl sites for hydroxylation is 1. The van der Waals surface area contributed by atoms with Gasteiger partial charge < -0.3 is 5.73 Å². The number of amides is 1. The van der Waals surface area contributed by atoms with Crippen LogP contribution in [0.3, 0.4) is 0 Å². The number of hydrogen-bond donors (Lipinski definition) is 1. The quantitative estimate of drug-likeness (QED) is 0.637. The molecule has 0 atom stereocenters. The van der Waals surface area contributed by atoms with Crippen LogP contribution < -0.4 is 5.73 Å². The van der Waals surface area contributed by atoms with Crippen LogP contribution in [0, 0.1) is 6.92 Å². The van der Waals surface area contributed by atoms with Crippen molar-refractivity contribution in [1.29, 1.82) is 0 Å². The highest BCUT2D eigenvalue weighted by molar-refractivity contribution is 5.75. The summed E-state index contributed by atoms with van der Waals surface area (Å²) in [4.78, 5) is 18.2. The zero-order chi connectivity index (χ0) is 8.27. The van der Waals surface area contributed by atoms with Gasteiger partial charge in [0.1, 0.15) is 5.82 Å². The molecule has 4 heteroatoms. The summed E-state index contributed by atoms with van der Waals surface area (Å²) in [6.07, 6.45) is 3.43. The highest BCUT2D eigenvalue weighted by atomic mass is 16.1. The average molecular weight is 151 g/mol. The summed E-state index contributed by atoms with van der Waals surface area (Å²) < 4.78 is 0. The van der Waals surface area contributed by atoms with E-state index in [2.05, 4.69) is 9.97 Å². The van der Waals surface area contributed by atoms with Gasteiger partial charge in [0.25, 0.3) is 0 Å². The number of nitrogens with two attached hydrogens (primary N) is 1. The lowest BCUT2D eigenvalue weighted by Crippen LogP contribution is -2.15. The molecule has 1 aromatic rings. The van der Waals surface area contributed by atoms with Crippen LogP contribution >= 0.6 is 0 Å². The lowest BCUT2D eigenvalue weighted by atomic mass is 10.3. The Labute approximate surface area is 64.5 Å². The van der Waals surface area contributed by atoms with Gasteiger partial charge in [0, 0.05) is 12.4 Å². The van der Waals surface area contributed by atoms with Crippen LogP contribution in [0.2, 0.25) is 0 Å². The van der Waals surface area contributed by atoms with Crippen molar-refractivity contribution < 1.29 is 4.79 Å². The molecule has 0 aliphatic carbocycles. The Morgan fingerprint density at radius 2 is 2.09 bits per heavy atom. The van der Waals surface area contributed by atoms with E-state index in [1.165, 1.54) is 0 Å². The maximum absolute atomic E-state index is 10.4. The molecule has 2 N–H and O–H groups in total. The van der Waals surface area contributed by atoms with Gasteiger partial charge in [-0.1, -0.05) is 0 Å². The monoisotopic (exact) mass is 151 g/mol. The van der Waals surface area contributed by atoms with E-state index in [-0.39, 0.29) is 6.42 Å². The number of primary amides is 1. The number of hydrogen-bond acceptors (Lipinski definition) is 3. The molecular weight excluding hydrogens is 142 g/mol. The molecule has 1 aromatic heterocycles. The van der Waals surface area contributed by atoms with Crippen LogP contribution in [0.15, 0.2) is 12.4 Å². The fourth-order valence-corrected chi connectivity index (χ4v) is 0.666. The second-order valence-corrected chi connectivity index (χ2v) is 2.32. The van der Waals surface area contributed by atoms with E-state index in [0.717, 1.165) is 5.56 Å². The third-order valence-electron chi connectivity index (χ3n) is 1.17. The molecule has 0 saturated carbocycles. The van der Waals surface area contributed by atoms with Gasteiger partial charge >= 0.3 is 0 Å². The second kappa shape index (κ2) is 3.09. The summed E-state index contributed by atoms with van der Waals surface area (Å²) in [5.41, 5.74) is 5.91. The molecule has 0 bridgehead atoms. The van der Waals surface area contributed by atoms with E-state index in [0.29, 0.717) is 5.82 Å². The highest BCUT2D eigenvalue weighted by Gasteiger charge is 1.99. The third kappa shape index (κ3) is 2.33. The summed E-state index contributed by atoms with van der Waals surface area (Å²) in [5.74, 6) is 0.0666. The zero-order valence-electron chi connectivity index (χ0n) is 6.24. The van der Waals surface area contributed by atoms with E-state index in [1.807, 2.05) is 6.92 Å². The van der Waals surface area contributed by atoms with Gasteiger partial charge in [-0.15, -0.1) is 0 Å². The Kier molecular flexibility index (Phi) is 2.15. The van der Waals surface area contributed by atoms with E-state index in [4.69, 9.17) is 5.73 Å². The molecule has 0 saturated heterocycles. The van der Waals surface area contributed by atoms with Crippen molar-refractivity contribution in [3.8, 4) is 0 Å². The van der Waals surface area contributed by atoms with Crippen LogP contribution in [0.5, 0.6) is 0 Å². The van der Waals surface area contributed by atoms with E-state index < -0.39 is 5.91 Å². The summed E-state index contributed by atoms with van der Waals surface area (Å²) in [5, 5.41) is 0. The summed E-state index contributed by atoms with van der Waals surface area (Å²) in [6, 6.07) is 0. The number of carbonyl (C=O) groups excluding carboxylic acids is 1. The molecule has 0 spiro atoms. The Bertz CT molecular complexity index is 255. The van der Waals surface area contributed by atoms with Gasteiger partial charge in [0.05, 0.1) is 6.42 Å². The van der Waals surface area contributed by atoms with Crippen molar-refractivity contribution in [3.63, 3.8) is 0 Å². The standard InChI is InChI=1S/C7H9N3O/c1-5-3-9-7(10-4-5)2-6(8)11/h3-4H,2H2,1H3,(H2,8,11). The maximum atomic E-state index is 10.4. The Morgan fingerprint density at radius 3 is 2.55 bits per heavy atom. The zero-order valence-corrected chi connectivity index (χ0v) is 6.24. The molecule has 1 rings (SSSR count). The molecule has 0 aliphatic rings. The van der Waals surface area contributed by atoms with Gasteiger partial charge in [-0.05, 0) is 12.5 Å². The molecule has 11 heavy (non-hydrogen) atoms. The van der Waals surface area contributed by atoms with E-state index in [1.54, 1.807) is 12.4 Å². The predicted molar refractivity (Wildman–Crippen MR) is 39.7 cm³/mol. The predicted octanol–water partition coefficient (Wildman–Crippen LogP) is -0.187. The van der Waals surface area contributed by atoms with Crippen LogP contribution in [0.1, 0.15) is 11.4 Å². The van der Waals surface area contributed by atoms with Crippen molar-refractivity contribution in [2.75, 3.05) is 0 Å². The van der Waals surface area contributed by atoms with Gasteiger partial charge in [-0.2, -0.15) is 0 Å². The molecule has 1 amide bonds. The molecular formula is C7H9N3O. The first kappa shape index (κ1) is 7.65. The minimum Gasteiger partial charge on any atom is -0.369 e. The van der Waals surface area contributed by atoms with Crippen molar-refractivity contribution in [2.45, 2.75) is 13.3 Å². The maximum Gasteiger partial charge on any atom is 0.225 e. The molecule has 0 aromatic carbocycles. The third-order valence-corrected chi connectivity index (χ3v) is 1.17. The largest absolute Gasteiger partial charge is 0.369 e. The SMILES string of the molecule is Cc1cnc(CC(N)=O)nc1. The lowest BCUT2D eigenvalue weighted by molar-refractivity contribution is -0.117. The topological polar surface area (TPSA) is 68.9 Å². The fourth-order valence-electron chi connectivity index (χ4n) is 0.666.